The summed E-state index contributed by atoms with van der Waals surface area (Å²) in [5.41, 5.74) is 5.60. The molecule has 0 radical (unpaired) electrons. The number of carbonyl (C=O) groups excluding carboxylic acids is 1. The molecule has 0 aliphatic heterocycles. The second-order valence-corrected chi connectivity index (χ2v) is 3.94. The van der Waals surface area contributed by atoms with Crippen LogP contribution in [0.2, 0.25) is 0 Å². The van der Waals surface area contributed by atoms with Gasteiger partial charge in [0, 0.05) is 12.4 Å². The van der Waals surface area contributed by atoms with Crippen molar-refractivity contribution in [2.75, 3.05) is 5.32 Å². The Morgan fingerprint density at radius 2 is 1.80 bits per heavy atom. The molecule has 0 fully saturated rings. The predicted octanol–water partition coefficient (Wildman–Crippen LogP) is 0.813. The molecule has 0 saturated heterocycles. The first kappa shape index (κ1) is 13.5. The highest BCUT2D eigenvalue weighted by molar-refractivity contribution is 5.96. The maximum Gasteiger partial charge on any atom is 0.330 e. The van der Waals surface area contributed by atoms with Crippen LogP contribution in [-0.2, 0) is 4.79 Å². The largest absolute Gasteiger partial charge is 0.479 e. The second kappa shape index (κ2) is 5.79. The van der Waals surface area contributed by atoms with Crippen molar-refractivity contribution in [1.82, 2.24) is 9.97 Å². The summed E-state index contributed by atoms with van der Waals surface area (Å²) in [5.74, 6) is -1.84. The van der Waals surface area contributed by atoms with Gasteiger partial charge in [-0.1, -0.05) is 30.3 Å². The molecule has 1 amide bonds. The lowest BCUT2D eigenvalue weighted by Crippen LogP contribution is -2.24. The lowest BCUT2D eigenvalue weighted by Gasteiger charge is -2.16. The van der Waals surface area contributed by atoms with Gasteiger partial charge in [-0.25, -0.2) is 14.8 Å². The first-order chi connectivity index (χ1) is 9.59. The molecule has 1 atom stereocenters. The Balaban J connectivity index is 2.35. The summed E-state index contributed by atoms with van der Waals surface area (Å²) >= 11 is 0. The van der Waals surface area contributed by atoms with Gasteiger partial charge in [0.15, 0.2) is 17.6 Å². The lowest BCUT2D eigenvalue weighted by molar-refractivity contribution is -0.138. The van der Waals surface area contributed by atoms with E-state index in [2.05, 4.69) is 15.3 Å². The lowest BCUT2D eigenvalue weighted by atomic mass is 10.1. The molecule has 0 spiro atoms. The fourth-order valence-corrected chi connectivity index (χ4v) is 1.69. The average molecular weight is 272 g/mol. The monoisotopic (exact) mass is 272 g/mol. The summed E-state index contributed by atoms with van der Waals surface area (Å²) in [6.45, 7) is 0. The minimum atomic E-state index is -1.10. The average Bonchev–Trinajstić information content (AvgIpc) is 2.45. The van der Waals surface area contributed by atoms with E-state index < -0.39 is 17.9 Å². The van der Waals surface area contributed by atoms with Crippen LogP contribution >= 0.6 is 0 Å². The Kier molecular flexibility index (Phi) is 3.90. The van der Waals surface area contributed by atoms with Crippen LogP contribution < -0.4 is 11.1 Å². The van der Waals surface area contributed by atoms with Gasteiger partial charge in [-0.3, -0.25) is 4.79 Å². The van der Waals surface area contributed by atoms with E-state index in [-0.39, 0.29) is 11.5 Å². The van der Waals surface area contributed by atoms with Crippen molar-refractivity contribution in [3.05, 3.63) is 54.0 Å². The van der Waals surface area contributed by atoms with Gasteiger partial charge in [0.2, 0.25) is 0 Å². The van der Waals surface area contributed by atoms with E-state index in [4.69, 9.17) is 5.73 Å². The maximum atomic E-state index is 11.4. The molecule has 1 aromatic heterocycles. The molecule has 1 heterocycles. The van der Waals surface area contributed by atoms with Crippen LogP contribution in [0.25, 0.3) is 0 Å². The zero-order valence-corrected chi connectivity index (χ0v) is 10.4. The zero-order chi connectivity index (χ0) is 14.5. The number of benzene rings is 1. The number of carboxylic acids is 1. The minimum absolute atomic E-state index is 0.0382. The van der Waals surface area contributed by atoms with Gasteiger partial charge in [0.05, 0.1) is 0 Å². The maximum absolute atomic E-state index is 11.4. The zero-order valence-electron chi connectivity index (χ0n) is 10.4. The van der Waals surface area contributed by atoms with Crippen molar-refractivity contribution in [2.45, 2.75) is 6.04 Å². The highest BCUT2D eigenvalue weighted by atomic mass is 16.4. The fraction of sp³-hybridized carbons (Fsp3) is 0.0769. The third-order valence-corrected chi connectivity index (χ3v) is 2.59. The number of hydrogen-bond donors (Lipinski definition) is 3. The first-order valence-corrected chi connectivity index (χ1v) is 5.74. The first-order valence-electron chi connectivity index (χ1n) is 5.74. The number of nitrogens with two attached hydrogens (primary N) is 1. The van der Waals surface area contributed by atoms with Gasteiger partial charge in [0.25, 0.3) is 5.91 Å². The van der Waals surface area contributed by atoms with Crippen LogP contribution in [0, 0.1) is 0 Å². The van der Waals surface area contributed by atoms with E-state index in [0.29, 0.717) is 5.56 Å². The van der Waals surface area contributed by atoms with Crippen molar-refractivity contribution in [3.8, 4) is 0 Å². The highest BCUT2D eigenvalue weighted by Gasteiger charge is 2.22. The van der Waals surface area contributed by atoms with Gasteiger partial charge < -0.3 is 16.2 Å². The number of aliphatic carboxylic acids is 1. The SMILES string of the molecule is NC(=O)c1nccnc1NC(C(=O)O)c1ccccc1. The summed E-state index contributed by atoms with van der Waals surface area (Å²) in [5, 5.41) is 12.0. The summed E-state index contributed by atoms with van der Waals surface area (Å²) in [6.07, 6.45) is 2.66. The molecule has 1 unspecified atom stereocenters. The Labute approximate surface area is 114 Å². The normalized spacial score (nSPS) is 11.6. The number of anilines is 1. The van der Waals surface area contributed by atoms with Crippen molar-refractivity contribution in [1.29, 1.82) is 0 Å². The second-order valence-electron chi connectivity index (χ2n) is 3.94. The molecular formula is C13H12N4O3. The van der Waals surface area contributed by atoms with E-state index in [9.17, 15) is 14.7 Å². The molecule has 0 saturated carbocycles. The van der Waals surface area contributed by atoms with Gasteiger partial charge in [-0.05, 0) is 5.56 Å². The van der Waals surface area contributed by atoms with Crippen LogP contribution in [0.3, 0.4) is 0 Å². The number of nitrogens with one attached hydrogen (secondary N) is 1. The van der Waals surface area contributed by atoms with Crippen molar-refractivity contribution < 1.29 is 14.7 Å². The third kappa shape index (κ3) is 2.89. The van der Waals surface area contributed by atoms with Crippen LogP contribution in [0.1, 0.15) is 22.1 Å². The third-order valence-electron chi connectivity index (χ3n) is 2.59. The van der Waals surface area contributed by atoms with Crippen molar-refractivity contribution in [3.63, 3.8) is 0 Å². The van der Waals surface area contributed by atoms with Gasteiger partial charge in [-0.2, -0.15) is 0 Å². The van der Waals surface area contributed by atoms with E-state index in [1.807, 2.05) is 0 Å². The topological polar surface area (TPSA) is 118 Å². The smallest absolute Gasteiger partial charge is 0.330 e. The van der Waals surface area contributed by atoms with Crippen LogP contribution in [0.15, 0.2) is 42.7 Å². The number of amides is 1. The Bertz CT molecular complexity index is 631. The number of nitrogens with zero attached hydrogens (tertiary/aromatic N) is 2. The molecule has 0 bridgehead atoms. The summed E-state index contributed by atoms with van der Waals surface area (Å²) in [7, 11) is 0. The number of rotatable bonds is 5. The summed E-state index contributed by atoms with van der Waals surface area (Å²) in [4.78, 5) is 30.3. The molecule has 2 aromatic rings. The Morgan fingerprint density at radius 3 is 2.40 bits per heavy atom. The minimum Gasteiger partial charge on any atom is -0.479 e. The number of carboxylic acid groups (broad SMARTS) is 1. The molecule has 7 heteroatoms. The predicted molar refractivity (Wildman–Crippen MR) is 71.0 cm³/mol. The molecular weight excluding hydrogens is 260 g/mol. The molecule has 4 N–H and O–H groups in total. The van der Waals surface area contributed by atoms with Crippen molar-refractivity contribution in [2.24, 2.45) is 5.73 Å². The molecule has 1 aromatic carbocycles. The summed E-state index contributed by atoms with van der Waals surface area (Å²) < 4.78 is 0. The number of carbonyl (C=O) groups is 2. The van der Waals surface area contributed by atoms with E-state index in [1.165, 1.54) is 12.4 Å². The standard InChI is InChI=1S/C13H12N4O3/c14-11(18)10-12(16-7-6-15-10)17-9(13(19)20)8-4-2-1-3-5-8/h1-7,9H,(H2,14,18)(H,16,17)(H,19,20). The molecule has 0 aliphatic carbocycles. The molecule has 0 aliphatic rings. The Hall–Kier alpha value is -2.96. The van der Waals surface area contributed by atoms with Crippen LogP contribution in [0.5, 0.6) is 0 Å². The van der Waals surface area contributed by atoms with Gasteiger partial charge in [-0.15, -0.1) is 0 Å². The van der Waals surface area contributed by atoms with E-state index in [1.54, 1.807) is 30.3 Å². The molecule has 20 heavy (non-hydrogen) atoms. The molecule has 102 valence electrons. The number of primary amides is 1. The Morgan fingerprint density at radius 1 is 1.15 bits per heavy atom. The van der Waals surface area contributed by atoms with Crippen LogP contribution in [0.4, 0.5) is 5.82 Å². The van der Waals surface area contributed by atoms with E-state index >= 15 is 0 Å². The van der Waals surface area contributed by atoms with Gasteiger partial charge in [0.1, 0.15) is 0 Å². The summed E-state index contributed by atoms with van der Waals surface area (Å²) in [6, 6.07) is 7.49. The fourth-order valence-electron chi connectivity index (χ4n) is 1.69. The number of hydrogen-bond acceptors (Lipinski definition) is 5. The quantitative estimate of drug-likeness (QED) is 0.741. The van der Waals surface area contributed by atoms with Crippen LogP contribution in [-0.4, -0.2) is 27.0 Å². The molecule has 2 rings (SSSR count). The van der Waals surface area contributed by atoms with Gasteiger partial charge >= 0.3 is 5.97 Å². The highest BCUT2D eigenvalue weighted by Crippen LogP contribution is 2.19. The number of aromatic nitrogens is 2. The van der Waals surface area contributed by atoms with Crippen molar-refractivity contribution >= 4 is 17.7 Å². The molecule has 7 nitrogen and oxygen atoms in total. The van der Waals surface area contributed by atoms with E-state index in [0.717, 1.165) is 0 Å².